The summed E-state index contributed by atoms with van der Waals surface area (Å²) in [4.78, 5) is 12.6. The average Bonchev–Trinajstić information content (AvgIpc) is 2.36. The van der Waals surface area contributed by atoms with Crippen molar-refractivity contribution >= 4 is 18.3 Å². The van der Waals surface area contributed by atoms with E-state index in [2.05, 4.69) is 5.32 Å². The lowest BCUT2D eigenvalue weighted by Crippen LogP contribution is -2.36. The van der Waals surface area contributed by atoms with E-state index >= 15 is 0 Å². The maximum absolute atomic E-state index is 10.8. The fourth-order valence-electron chi connectivity index (χ4n) is 1.23. The van der Waals surface area contributed by atoms with Crippen LogP contribution in [0.25, 0.3) is 0 Å². The van der Waals surface area contributed by atoms with Crippen LogP contribution < -0.4 is 5.32 Å². The minimum atomic E-state index is 0. The van der Waals surface area contributed by atoms with Crippen LogP contribution in [0.1, 0.15) is 13.3 Å². The van der Waals surface area contributed by atoms with Crippen LogP contribution in [0.3, 0.4) is 0 Å². The third-order valence-electron chi connectivity index (χ3n) is 2.08. The van der Waals surface area contributed by atoms with Crippen molar-refractivity contribution in [3.05, 3.63) is 0 Å². The number of nitrogens with one attached hydrogen (secondary N) is 1. The quantitative estimate of drug-likeness (QED) is 0.625. The highest BCUT2D eigenvalue weighted by Crippen LogP contribution is 2.05. The molecular formula is C7H15ClN2O. The number of likely N-dealkylation sites (N-methyl/N-ethyl adjacent to an activating group) is 1. The number of halogens is 1. The third-order valence-corrected chi connectivity index (χ3v) is 2.08. The number of nitrogens with zero attached hydrogens (tertiary/aromatic N) is 1. The van der Waals surface area contributed by atoms with Crippen molar-refractivity contribution in [2.45, 2.75) is 19.4 Å². The van der Waals surface area contributed by atoms with Gasteiger partial charge in [0.25, 0.3) is 0 Å². The Morgan fingerprint density at radius 2 is 2.27 bits per heavy atom. The van der Waals surface area contributed by atoms with E-state index in [1.807, 2.05) is 7.05 Å². The predicted octanol–water partition coefficient (Wildman–Crippen LogP) is 0.248. The van der Waals surface area contributed by atoms with E-state index in [0.717, 1.165) is 19.5 Å². The zero-order valence-corrected chi connectivity index (χ0v) is 7.78. The van der Waals surface area contributed by atoms with E-state index in [4.69, 9.17) is 0 Å². The predicted molar refractivity (Wildman–Crippen MR) is 47.0 cm³/mol. The van der Waals surface area contributed by atoms with Crippen LogP contribution in [0.4, 0.5) is 0 Å². The largest absolute Gasteiger partial charge is 0.342 e. The van der Waals surface area contributed by atoms with Gasteiger partial charge in [-0.3, -0.25) is 4.79 Å². The molecule has 1 amide bonds. The maximum Gasteiger partial charge on any atom is 0.219 e. The Hall–Kier alpha value is -0.280. The van der Waals surface area contributed by atoms with Gasteiger partial charge in [-0.25, -0.2) is 0 Å². The van der Waals surface area contributed by atoms with E-state index in [9.17, 15) is 4.79 Å². The van der Waals surface area contributed by atoms with E-state index in [-0.39, 0.29) is 18.3 Å². The molecule has 4 heteroatoms. The van der Waals surface area contributed by atoms with Gasteiger partial charge in [0.2, 0.25) is 5.91 Å². The number of carbonyl (C=O) groups is 1. The number of hydrogen-bond acceptors (Lipinski definition) is 2. The highest BCUT2D eigenvalue weighted by molar-refractivity contribution is 5.85. The number of carbonyl (C=O) groups excluding carboxylic acids is 1. The Kier molecular flexibility index (Phi) is 4.45. The molecule has 1 saturated heterocycles. The zero-order chi connectivity index (χ0) is 7.56. The van der Waals surface area contributed by atoms with Gasteiger partial charge in [-0.2, -0.15) is 0 Å². The Morgan fingerprint density at radius 1 is 1.64 bits per heavy atom. The SMILES string of the molecule is CC(=O)N(C)C1CCNC1.Cl. The highest BCUT2D eigenvalue weighted by atomic mass is 35.5. The molecule has 1 fully saturated rings. The van der Waals surface area contributed by atoms with E-state index < -0.39 is 0 Å². The first-order chi connectivity index (χ1) is 4.72. The second-order valence-corrected chi connectivity index (χ2v) is 2.78. The molecule has 1 atom stereocenters. The van der Waals surface area contributed by atoms with Gasteiger partial charge in [0, 0.05) is 26.6 Å². The lowest BCUT2D eigenvalue weighted by atomic mass is 10.2. The average molecular weight is 179 g/mol. The summed E-state index contributed by atoms with van der Waals surface area (Å²) >= 11 is 0. The van der Waals surface area contributed by atoms with Crippen LogP contribution in [0.2, 0.25) is 0 Å². The first-order valence-electron chi connectivity index (χ1n) is 3.66. The molecule has 0 aromatic carbocycles. The second-order valence-electron chi connectivity index (χ2n) is 2.78. The second kappa shape index (κ2) is 4.57. The summed E-state index contributed by atoms with van der Waals surface area (Å²) < 4.78 is 0. The normalized spacial score (nSPS) is 22.5. The number of amides is 1. The lowest BCUT2D eigenvalue weighted by molar-refractivity contribution is -0.129. The van der Waals surface area contributed by atoms with Crippen LogP contribution in [0.15, 0.2) is 0 Å². The summed E-state index contributed by atoms with van der Waals surface area (Å²) in [5.41, 5.74) is 0. The van der Waals surface area contributed by atoms with Gasteiger partial charge in [0.15, 0.2) is 0 Å². The van der Waals surface area contributed by atoms with Crippen LogP contribution in [0.5, 0.6) is 0 Å². The van der Waals surface area contributed by atoms with Gasteiger partial charge in [-0.05, 0) is 13.0 Å². The topological polar surface area (TPSA) is 32.3 Å². The Bertz CT molecular complexity index is 134. The maximum atomic E-state index is 10.8. The van der Waals surface area contributed by atoms with Crippen LogP contribution >= 0.6 is 12.4 Å². The molecule has 0 spiro atoms. The van der Waals surface area contributed by atoms with Crippen molar-refractivity contribution in [2.75, 3.05) is 20.1 Å². The first kappa shape index (κ1) is 10.7. The van der Waals surface area contributed by atoms with Crippen molar-refractivity contribution in [1.29, 1.82) is 0 Å². The number of hydrogen-bond donors (Lipinski definition) is 1. The molecule has 1 unspecified atom stereocenters. The van der Waals surface area contributed by atoms with Crippen molar-refractivity contribution in [3.63, 3.8) is 0 Å². The van der Waals surface area contributed by atoms with Crippen molar-refractivity contribution in [2.24, 2.45) is 0 Å². The minimum Gasteiger partial charge on any atom is -0.342 e. The fraction of sp³-hybridized carbons (Fsp3) is 0.857. The summed E-state index contributed by atoms with van der Waals surface area (Å²) in [6, 6.07) is 0.428. The standard InChI is InChI=1S/C7H14N2O.ClH/c1-6(10)9(2)7-3-4-8-5-7;/h7-8H,3-5H2,1-2H3;1H. The molecule has 0 aromatic heterocycles. The molecular weight excluding hydrogens is 164 g/mol. The minimum absolute atomic E-state index is 0. The molecule has 1 aliphatic rings. The summed E-state index contributed by atoms with van der Waals surface area (Å²) in [6.45, 7) is 3.61. The molecule has 0 aliphatic carbocycles. The molecule has 1 rings (SSSR count). The van der Waals surface area contributed by atoms with Gasteiger partial charge in [0.05, 0.1) is 0 Å². The van der Waals surface area contributed by atoms with E-state index in [0.29, 0.717) is 6.04 Å². The van der Waals surface area contributed by atoms with Crippen LogP contribution in [-0.2, 0) is 4.79 Å². The van der Waals surface area contributed by atoms with E-state index in [1.165, 1.54) is 0 Å². The van der Waals surface area contributed by atoms with Crippen LogP contribution in [-0.4, -0.2) is 37.0 Å². The molecule has 3 nitrogen and oxygen atoms in total. The summed E-state index contributed by atoms with van der Waals surface area (Å²) in [5.74, 6) is 0.161. The molecule has 0 saturated carbocycles. The molecule has 1 heterocycles. The highest BCUT2D eigenvalue weighted by Gasteiger charge is 2.20. The summed E-state index contributed by atoms with van der Waals surface area (Å²) in [6.07, 6.45) is 1.09. The van der Waals surface area contributed by atoms with Gasteiger partial charge in [-0.1, -0.05) is 0 Å². The summed E-state index contributed by atoms with van der Waals surface area (Å²) in [5, 5.41) is 3.21. The fourth-order valence-corrected chi connectivity index (χ4v) is 1.23. The van der Waals surface area contributed by atoms with Crippen LogP contribution in [0, 0.1) is 0 Å². The Labute approximate surface area is 73.5 Å². The van der Waals surface area contributed by atoms with E-state index in [1.54, 1.807) is 11.8 Å². The molecule has 1 aliphatic heterocycles. The van der Waals surface area contributed by atoms with Gasteiger partial charge >= 0.3 is 0 Å². The summed E-state index contributed by atoms with van der Waals surface area (Å²) in [7, 11) is 1.86. The smallest absolute Gasteiger partial charge is 0.219 e. The van der Waals surface area contributed by atoms with Crippen molar-refractivity contribution in [1.82, 2.24) is 10.2 Å². The lowest BCUT2D eigenvalue weighted by Gasteiger charge is -2.21. The van der Waals surface area contributed by atoms with Crippen molar-refractivity contribution in [3.8, 4) is 0 Å². The number of rotatable bonds is 1. The molecule has 0 radical (unpaired) electrons. The Balaban J connectivity index is 0.000001000. The third kappa shape index (κ3) is 2.67. The van der Waals surface area contributed by atoms with Gasteiger partial charge in [0.1, 0.15) is 0 Å². The molecule has 0 bridgehead atoms. The van der Waals surface area contributed by atoms with Crippen molar-refractivity contribution < 1.29 is 4.79 Å². The van der Waals surface area contributed by atoms with Gasteiger partial charge < -0.3 is 10.2 Å². The first-order valence-corrected chi connectivity index (χ1v) is 3.66. The molecule has 1 N–H and O–H groups in total. The Morgan fingerprint density at radius 3 is 2.64 bits per heavy atom. The molecule has 0 aromatic rings. The monoisotopic (exact) mass is 178 g/mol. The zero-order valence-electron chi connectivity index (χ0n) is 6.96. The molecule has 11 heavy (non-hydrogen) atoms. The molecule has 66 valence electrons. The van der Waals surface area contributed by atoms with Gasteiger partial charge in [-0.15, -0.1) is 12.4 Å².